The van der Waals surface area contributed by atoms with Crippen molar-refractivity contribution in [3.8, 4) is 0 Å². The van der Waals surface area contributed by atoms with Gasteiger partial charge in [-0.25, -0.2) is 0 Å². The van der Waals surface area contributed by atoms with Crippen molar-refractivity contribution in [1.29, 1.82) is 0 Å². The Hall–Kier alpha value is -4.93. The van der Waals surface area contributed by atoms with E-state index in [0.29, 0.717) is 25.7 Å². The van der Waals surface area contributed by atoms with Crippen molar-refractivity contribution in [2.45, 2.75) is 115 Å². The molecule has 0 aromatic heterocycles. The van der Waals surface area contributed by atoms with Crippen LogP contribution in [0.2, 0.25) is 0 Å². The van der Waals surface area contributed by atoms with Crippen LogP contribution >= 0.6 is 0 Å². The van der Waals surface area contributed by atoms with Gasteiger partial charge in [-0.2, -0.15) is 0 Å². The summed E-state index contributed by atoms with van der Waals surface area (Å²) >= 11 is 0. The molecule has 0 spiro atoms. The fraction of sp³-hybridized carbons (Fsp3) is 0.735. The van der Waals surface area contributed by atoms with Gasteiger partial charge >= 0.3 is 11.9 Å². The highest BCUT2D eigenvalue weighted by Crippen LogP contribution is 2.21. The molecular weight excluding hydrogens is 742 g/mol. The van der Waals surface area contributed by atoms with Gasteiger partial charge in [-0.15, -0.1) is 0 Å². The molecule has 22 heteroatoms. The lowest BCUT2D eigenvalue weighted by Gasteiger charge is -2.31. The number of aliphatic hydroxyl groups is 2. The van der Waals surface area contributed by atoms with Crippen LogP contribution in [-0.2, 0) is 43.2 Å². The largest absolute Gasteiger partial charge is 0.481 e. The zero-order valence-electron chi connectivity index (χ0n) is 32.2. The van der Waals surface area contributed by atoms with E-state index in [1.165, 1.54) is 4.90 Å². The quantitative estimate of drug-likeness (QED) is 0.0386. The van der Waals surface area contributed by atoms with Crippen LogP contribution in [0.1, 0.15) is 72.6 Å². The number of carboxylic acid groups (broad SMARTS) is 2. The van der Waals surface area contributed by atoms with E-state index in [0.717, 1.165) is 0 Å². The predicted octanol–water partition coefficient (Wildman–Crippen LogP) is -4.78. The van der Waals surface area contributed by atoms with Gasteiger partial charge in [0, 0.05) is 6.54 Å². The Labute approximate surface area is 324 Å². The number of amides is 7. The van der Waals surface area contributed by atoms with E-state index >= 15 is 0 Å². The maximum Gasteiger partial charge on any atom is 0.322 e. The summed E-state index contributed by atoms with van der Waals surface area (Å²) in [6.07, 6.45) is 0.741. The average molecular weight is 802 g/mol. The van der Waals surface area contributed by atoms with Crippen LogP contribution < -0.4 is 43.4 Å². The molecule has 1 fully saturated rings. The Bertz CT molecular complexity index is 1400. The zero-order chi connectivity index (χ0) is 42.7. The Morgan fingerprint density at radius 2 is 1.34 bits per heavy atom. The first-order valence-corrected chi connectivity index (χ1v) is 18.5. The van der Waals surface area contributed by atoms with Gasteiger partial charge in [0.05, 0.1) is 19.6 Å². The molecule has 1 aliphatic heterocycles. The second-order valence-corrected chi connectivity index (χ2v) is 13.9. The van der Waals surface area contributed by atoms with E-state index in [4.69, 9.17) is 21.7 Å². The van der Waals surface area contributed by atoms with E-state index in [1.54, 1.807) is 27.7 Å². The standard InChI is InChI=1S/C34H59N9O13/c1-5-18(4)27(33(55)41-26(17(2)3)32(54)37-14-25(48)49)42-29(51)21(13-24(46)47)39-31(53)23-10-8-12-43(23)34(56)20(9-6-7-11-35)38-30(52)22(16-45)40-28(50)19(36)15-44/h17-23,26-27,44-45H,5-16,35-36H2,1-4H3,(H,37,54)(H,38,52)(H,39,53)(H,40,50)(H,41,55)(H,42,51)(H,46,47)(H,48,49)/t18-,19-,20-,21-,22-,23-,26-,27-/m0/s1. The number of likely N-dealkylation sites (tertiary alicyclic amines) is 1. The van der Waals surface area contributed by atoms with Gasteiger partial charge in [0.15, 0.2) is 0 Å². The molecule has 0 bridgehead atoms. The third-order valence-electron chi connectivity index (χ3n) is 9.21. The molecule has 0 aliphatic carbocycles. The number of hydrogen-bond donors (Lipinski definition) is 12. The summed E-state index contributed by atoms with van der Waals surface area (Å²) in [5, 5.41) is 51.7. The molecule has 1 rings (SSSR count). The highest BCUT2D eigenvalue weighted by Gasteiger charge is 2.40. The van der Waals surface area contributed by atoms with E-state index < -0.39 is 134 Å². The lowest BCUT2D eigenvalue weighted by atomic mass is 9.96. The first-order chi connectivity index (χ1) is 26.3. The van der Waals surface area contributed by atoms with Crippen LogP contribution in [-0.4, -0.2) is 154 Å². The minimum Gasteiger partial charge on any atom is -0.481 e. The van der Waals surface area contributed by atoms with E-state index in [9.17, 15) is 53.4 Å². The highest BCUT2D eigenvalue weighted by molar-refractivity contribution is 5.98. The number of carbonyl (C=O) groups excluding carboxylic acids is 7. The maximum absolute atomic E-state index is 13.9. The smallest absolute Gasteiger partial charge is 0.322 e. The molecular formula is C34H59N9O13. The van der Waals surface area contributed by atoms with Gasteiger partial charge in [0.25, 0.3) is 0 Å². The molecule has 0 saturated carbocycles. The predicted molar refractivity (Wildman–Crippen MR) is 197 cm³/mol. The van der Waals surface area contributed by atoms with Gasteiger partial charge in [0.2, 0.25) is 41.4 Å². The number of carbonyl (C=O) groups is 9. The fourth-order valence-corrected chi connectivity index (χ4v) is 5.74. The monoisotopic (exact) mass is 801 g/mol. The van der Waals surface area contributed by atoms with Crippen LogP contribution in [0.4, 0.5) is 0 Å². The summed E-state index contributed by atoms with van der Waals surface area (Å²) in [4.78, 5) is 116. The number of aliphatic hydroxyl groups excluding tert-OH is 2. The van der Waals surface area contributed by atoms with Crippen molar-refractivity contribution in [2.24, 2.45) is 23.3 Å². The summed E-state index contributed by atoms with van der Waals surface area (Å²) < 4.78 is 0. The molecule has 1 aliphatic rings. The third kappa shape index (κ3) is 15.7. The molecule has 14 N–H and O–H groups in total. The number of nitrogens with one attached hydrogen (secondary N) is 6. The van der Waals surface area contributed by atoms with Crippen molar-refractivity contribution in [1.82, 2.24) is 36.8 Å². The SMILES string of the molecule is CC[C@H](C)[C@H](NC(=O)[C@H](CC(=O)O)NC(=O)[C@@H]1CCCN1C(=O)[C@H](CCCCN)NC(=O)[C@H](CO)NC(=O)[C@@H](N)CO)C(=O)N[C@H](C(=O)NCC(=O)O)C(C)C. The van der Waals surface area contributed by atoms with E-state index in [1.807, 2.05) is 0 Å². The third-order valence-corrected chi connectivity index (χ3v) is 9.21. The summed E-state index contributed by atoms with van der Waals surface area (Å²) in [6, 6.07) is -9.61. The average Bonchev–Trinajstić information content (AvgIpc) is 3.65. The van der Waals surface area contributed by atoms with Crippen LogP contribution in [0, 0.1) is 11.8 Å². The Morgan fingerprint density at radius 1 is 0.732 bits per heavy atom. The molecule has 8 atom stereocenters. The number of unbranched alkanes of at least 4 members (excludes halogenated alkanes) is 1. The number of carboxylic acids is 2. The van der Waals surface area contributed by atoms with E-state index in [2.05, 4.69) is 31.9 Å². The lowest BCUT2D eigenvalue weighted by molar-refractivity contribution is -0.144. The number of hydrogen-bond acceptors (Lipinski definition) is 13. The minimum absolute atomic E-state index is 0.0504. The molecule has 1 saturated heterocycles. The van der Waals surface area contributed by atoms with Crippen LogP contribution in [0.5, 0.6) is 0 Å². The van der Waals surface area contributed by atoms with Crippen LogP contribution in [0.25, 0.3) is 0 Å². The summed E-state index contributed by atoms with van der Waals surface area (Å²) in [6.45, 7) is 4.57. The first kappa shape index (κ1) is 49.1. The van der Waals surface area contributed by atoms with Crippen molar-refractivity contribution >= 4 is 53.3 Å². The van der Waals surface area contributed by atoms with Crippen molar-refractivity contribution in [3.63, 3.8) is 0 Å². The summed E-state index contributed by atoms with van der Waals surface area (Å²) in [5.41, 5.74) is 11.1. The molecule has 56 heavy (non-hydrogen) atoms. The summed E-state index contributed by atoms with van der Waals surface area (Å²) in [5.74, 6) is -9.94. The van der Waals surface area contributed by atoms with Gasteiger partial charge < -0.3 is 68.7 Å². The summed E-state index contributed by atoms with van der Waals surface area (Å²) in [7, 11) is 0. The molecule has 1 heterocycles. The van der Waals surface area contributed by atoms with Crippen molar-refractivity contribution in [3.05, 3.63) is 0 Å². The molecule has 0 aromatic rings. The molecule has 0 aromatic carbocycles. The van der Waals surface area contributed by atoms with Gasteiger partial charge in [0.1, 0.15) is 48.8 Å². The first-order valence-electron chi connectivity index (χ1n) is 18.5. The van der Waals surface area contributed by atoms with Crippen molar-refractivity contribution in [2.75, 3.05) is 32.8 Å². The Morgan fingerprint density at radius 3 is 1.88 bits per heavy atom. The second-order valence-electron chi connectivity index (χ2n) is 13.9. The van der Waals surface area contributed by atoms with Gasteiger partial charge in [-0.05, 0) is 50.5 Å². The Kier molecular flexibility index (Phi) is 21.5. The topological polar surface area (TPSA) is 362 Å². The molecule has 318 valence electrons. The molecule has 7 amide bonds. The fourth-order valence-electron chi connectivity index (χ4n) is 5.74. The van der Waals surface area contributed by atoms with Gasteiger partial charge in [-0.1, -0.05) is 34.1 Å². The van der Waals surface area contributed by atoms with Crippen LogP contribution in [0.3, 0.4) is 0 Å². The highest BCUT2D eigenvalue weighted by atomic mass is 16.4. The lowest BCUT2D eigenvalue weighted by Crippen LogP contribution is -2.61. The molecule has 22 nitrogen and oxygen atoms in total. The number of nitrogens with zero attached hydrogens (tertiary/aromatic N) is 1. The van der Waals surface area contributed by atoms with Gasteiger partial charge in [-0.3, -0.25) is 43.2 Å². The number of nitrogens with two attached hydrogens (primary N) is 2. The molecule has 0 radical (unpaired) electrons. The molecule has 0 unspecified atom stereocenters. The number of rotatable bonds is 25. The van der Waals surface area contributed by atoms with E-state index in [-0.39, 0.29) is 25.9 Å². The van der Waals surface area contributed by atoms with Crippen molar-refractivity contribution < 1.29 is 63.6 Å². The zero-order valence-corrected chi connectivity index (χ0v) is 32.2. The minimum atomic E-state index is -1.73. The second kappa shape index (κ2) is 24.6. The van der Waals surface area contributed by atoms with Crippen LogP contribution in [0.15, 0.2) is 0 Å². The maximum atomic E-state index is 13.9. The Balaban J connectivity index is 3.27. The normalized spacial score (nSPS) is 17.6. The number of aliphatic carboxylic acids is 2.